The molecule has 0 aromatic heterocycles. The van der Waals surface area contributed by atoms with Crippen molar-refractivity contribution in [3.63, 3.8) is 0 Å². The van der Waals surface area contributed by atoms with Crippen molar-refractivity contribution in [2.24, 2.45) is 4.99 Å². The van der Waals surface area contributed by atoms with Crippen LogP contribution in [0.1, 0.15) is 12.5 Å². The number of aliphatic imine (C=N–C) groups is 1. The van der Waals surface area contributed by atoms with Gasteiger partial charge in [-0.3, -0.25) is 4.79 Å². The van der Waals surface area contributed by atoms with E-state index in [9.17, 15) is 13.6 Å². The van der Waals surface area contributed by atoms with Gasteiger partial charge in [-0.2, -0.15) is 0 Å². The lowest BCUT2D eigenvalue weighted by Gasteiger charge is -2.11. The zero-order chi connectivity index (χ0) is 17.1. The average Bonchev–Trinajstić information content (AvgIpc) is 2.53. The van der Waals surface area contributed by atoms with Gasteiger partial charge in [0.25, 0.3) is 0 Å². The number of nitrogens with zero attached hydrogens (tertiary/aromatic N) is 1. The molecule has 0 fully saturated rings. The number of halogens is 2. The fraction of sp³-hybridized carbons (Fsp3) is 0.467. The fourth-order valence-electron chi connectivity index (χ4n) is 1.69. The van der Waals surface area contributed by atoms with Crippen LogP contribution in [0.2, 0.25) is 0 Å². The van der Waals surface area contributed by atoms with Crippen molar-refractivity contribution >= 4 is 11.9 Å². The van der Waals surface area contributed by atoms with E-state index in [1.165, 1.54) is 0 Å². The van der Waals surface area contributed by atoms with Crippen LogP contribution in [0.25, 0.3) is 0 Å². The van der Waals surface area contributed by atoms with Gasteiger partial charge in [-0.05, 0) is 25.1 Å². The van der Waals surface area contributed by atoms with E-state index in [0.29, 0.717) is 25.7 Å². The minimum absolute atomic E-state index is 0.0151. The van der Waals surface area contributed by atoms with E-state index >= 15 is 0 Å². The van der Waals surface area contributed by atoms with E-state index in [-0.39, 0.29) is 24.6 Å². The summed E-state index contributed by atoms with van der Waals surface area (Å²) in [7, 11) is 1.55. The molecule has 0 aliphatic heterocycles. The maximum absolute atomic E-state index is 13.5. The summed E-state index contributed by atoms with van der Waals surface area (Å²) in [5.74, 6) is -0.918. The van der Waals surface area contributed by atoms with Gasteiger partial charge in [0.15, 0.2) is 5.96 Å². The van der Waals surface area contributed by atoms with Crippen LogP contribution in [0.15, 0.2) is 23.2 Å². The van der Waals surface area contributed by atoms with Gasteiger partial charge in [0.1, 0.15) is 11.6 Å². The number of nitrogens with one attached hydrogen (secondary N) is 3. The van der Waals surface area contributed by atoms with Crippen molar-refractivity contribution in [3.05, 3.63) is 35.4 Å². The second-order valence-corrected chi connectivity index (χ2v) is 4.63. The molecule has 6 nitrogen and oxygen atoms in total. The Bertz CT molecular complexity index is 538. The summed E-state index contributed by atoms with van der Waals surface area (Å²) < 4.78 is 31.5. The van der Waals surface area contributed by atoms with Crippen LogP contribution in [0.3, 0.4) is 0 Å². The molecule has 0 bridgehead atoms. The molecule has 1 aromatic rings. The van der Waals surface area contributed by atoms with Crippen LogP contribution in [0.5, 0.6) is 0 Å². The smallest absolute Gasteiger partial charge is 0.239 e. The number of guanidine groups is 1. The lowest BCUT2D eigenvalue weighted by molar-refractivity contribution is -0.120. The Hall–Kier alpha value is -2.22. The lowest BCUT2D eigenvalue weighted by Crippen LogP contribution is -2.43. The quantitative estimate of drug-likeness (QED) is 0.375. The summed E-state index contributed by atoms with van der Waals surface area (Å²) in [5, 5.41) is 8.40. The Kier molecular flexibility index (Phi) is 8.59. The number of ether oxygens (including phenoxy) is 1. The summed E-state index contributed by atoms with van der Waals surface area (Å²) in [4.78, 5) is 15.7. The van der Waals surface area contributed by atoms with E-state index in [0.717, 1.165) is 18.2 Å². The molecule has 0 atom stereocenters. The second kappa shape index (κ2) is 10.5. The first-order valence-corrected chi connectivity index (χ1v) is 7.28. The number of rotatable bonds is 8. The Labute approximate surface area is 134 Å². The SMILES string of the molecule is CCNC(=NCc1cc(F)ccc1F)NCC(=O)NCCOC. The van der Waals surface area contributed by atoms with Gasteiger partial charge in [-0.15, -0.1) is 0 Å². The standard InChI is InChI=1S/C15H22F2N4O2/c1-3-18-15(21-10-14(22)19-6-7-23-2)20-9-11-8-12(16)4-5-13(11)17/h4-5,8H,3,6-7,9-10H2,1-2H3,(H,19,22)(H2,18,20,21). The molecule has 1 aromatic carbocycles. The van der Waals surface area contributed by atoms with Crippen LogP contribution in [0.4, 0.5) is 8.78 Å². The summed E-state index contributed by atoms with van der Waals surface area (Å²) in [6.07, 6.45) is 0. The molecule has 8 heteroatoms. The molecular formula is C15H22F2N4O2. The van der Waals surface area contributed by atoms with E-state index < -0.39 is 11.6 Å². The molecule has 0 heterocycles. The Balaban J connectivity index is 2.56. The van der Waals surface area contributed by atoms with Crippen LogP contribution in [-0.4, -0.2) is 45.2 Å². The summed E-state index contributed by atoms with van der Waals surface area (Å²) in [6, 6.07) is 3.21. The second-order valence-electron chi connectivity index (χ2n) is 4.63. The average molecular weight is 328 g/mol. The normalized spacial score (nSPS) is 11.2. The molecule has 128 valence electrons. The molecule has 3 N–H and O–H groups in total. The van der Waals surface area contributed by atoms with Crippen molar-refractivity contribution < 1.29 is 18.3 Å². The highest BCUT2D eigenvalue weighted by atomic mass is 19.1. The fourth-order valence-corrected chi connectivity index (χ4v) is 1.69. The van der Waals surface area contributed by atoms with Crippen molar-refractivity contribution in [1.82, 2.24) is 16.0 Å². The molecular weight excluding hydrogens is 306 g/mol. The van der Waals surface area contributed by atoms with E-state index in [1.807, 2.05) is 6.92 Å². The minimum atomic E-state index is -0.525. The summed E-state index contributed by atoms with van der Waals surface area (Å²) >= 11 is 0. The van der Waals surface area contributed by atoms with Crippen LogP contribution in [0, 0.1) is 11.6 Å². The maximum Gasteiger partial charge on any atom is 0.239 e. The molecule has 0 radical (unpaired) electrons. The third-order valence-corrected chi connectivity index (χ3v) is 2.80. The Morgan fingerprint density at radius 1 is 1.26 bits per heavy atom. The predicted molar refractivity (Wildman–Crippen MR) is 84.1 cm³/mol. The first-order valence-electron chi connectivity index (χ1n) is 7.28. The van der Waals surface area contributed by atoms with Crippen molar-refractivity contribution in [2.45, 2.75) is 13.5 Å². The molecule has 0 aliphatic rings. The van der Waals surface area contributed by atoms with Gasteiger partial charge in [0.05, 0.1) is 19.7 Å². The highest BCUT2D eigenvalue weighted by Gasteiger charge is 2.06. The largest absolute Gasteiger partial charge is 0.383 e. The van der Waals surface area contributed by atoms with E-state index in [2.05, 4.69) is 20.9 Å². The third-order valence-electron chi connectivity index (χ3n) is 2.80. The highest BCUT2D eigenvalue weighted by molar-refractivity contribution is 5.86. The zero-order valence-electron chi connectivity index (χ0n) is 13.3. The van der Waals surface area contributed by atoms with Crippen LogP contribution < -0.4 is 16.0 Å². The molecule has 0 spiro atoms. The molecule has 0 unspecified atom stereocenters. The van der Waals surface area contributed by atoms with E-state index in [1.54, 1.807) is 7.11 Å². The van der Waals surface area contributed by atoms with Gasteiger partial charge in [0, 0.05) is 25.8 Å². The number of hydrogen-bond acceptors (Lipinski definition) is 3. The van der Waals surface area contributed by atoms with Crippen LogP contribution >= 0.6 is 0 Å². The van der Waals surface area contributed by atoms with Gasteiger partial charge >= 0.3 is 0 Å². The van der Waals surface area contributed by atoms with Gasteiger partial charge < -0.3 is 20.7 Å². The number of benzene rings is 1. The number of carbonyl (C=O) groups is 1. The van der Waals surface area contributed by atoms with Gasteiger partial charge in [-0.25, -0.2) is 13.8 Å². The third kappa shape index (κ3) is 7.55. The van der Waals surface area contributed by atoms with Crippen LogP contribution in [-0.2, 0) is 16.1 Å². The molecule has 23 heavy (non-hydrogen) atoms. The Morgan fingerprint density at radius 3 is 2.74 bits per heavy atom. The first kappa shape index (κ1) is 18.8. The number of amides is 1. The monoisotopic (exact) mass is 328 g/mol. The number of hydrogen-bond donors (Lipinski definition) is 3. The first-order chi connectivity index (χ1) is 11.1. The van der Waals surface area contributed by atoms with Crippen molar-refractivity contribution in [1.29, 1.82) is 0 Å². The van der Waals surface area contributed by atoms with Gasteiger partial charge in [0.2, 0.25) is 5.91 Å². The maximum atomic E-state index is 13.5. The predicted octanol–water partition coefficient (Wildman–Crippen LogP) is 0.783. The molecule has 0 saturated carbocycles. The Morgan fingerprint density at radius 2 is 2.04 bits per heavy atom. The molecule has 1 rings (SSSR count). The lowest BCUT2D eigenvalue weighted by atomic mass is 10.2. The molecule has 0 aliphatic carbocycles. The molecule has 0 saturated heterocycles. The molecule has 1 amide bonds. The van der Waals surface area contributed by atoms with Gasteiger partial charge in [-0.1, -0.05) is 0 Å². The van der Waals surface area contributed by atoms with Crippen molar-refractivity contribution in [2.75, 3.05) is 33.4 Å². The van der Waals surface area contributed by atoms with Crippen molar-refractivity contribution in [3.8, 4) is 0 Å². The number of methoxy groups -OCH3 is 1. The number of carbonyl (C=O) groups excluding carboxylic acids is 1. The summed E-state index contributed by atoms with van der Waals surface area (Å²) in [5.41, 5.74) is 0.145. The highest BCUT2D eigenvalue weighted by Crippen LogP contribution is 2.10. The zero-order valence-corrected chi connectivity index (χ0v) is 13.3. The topological polar surface area (TPSA) is 74.8 Å². The minimum Gasteiger partial charge on any atom is -0.383 e. The van der Waals surface area contributed by atoms with E-state index in [4.69, 9.17) is 4.74 Å². The summed E-state index contributed by atoms with van der Waals surface area (Å²) in [6.45, 7) is 3.25.